The van der Waals surface area contributed by atoms with Crippen LogP contribution in [0.15, 0.2) is 27.6 Å². The number of aromatic nitrogens is 2. The van der Waals surface area contributed by atoms with Gasteiger partial charge in [0.05, 0.1) is 0 Å². The third-order valence-electron chi connectivity index (χ3n) is 4.37. The van der Waals surface area contributed by atoms with Gasteiger partial charge in [0.15, 0.2) is 10.7 Å². The quantitative estimate of drug-likeness (QED) is 0.843. The first-order chi connectivity index (χ1) is 11.5. The lowest BCUT2D eigenvalue weighted by Gasteiger charge is -2.21. The number of hydrogen-bond donors (Lipinski definition) is 0. The van der Waals surface area contributed by atoms with E-state index in [-0.39, 0.29) is 18.4 Å². The van der Waals surface area contributed by atoms with Gasteiger partial charge < -0.3 is 4.52 Å². The van der Waals surface area contributed by atoms with Gasteiger partial charge in [0.25, 0.3) is 0 Å². The first-order valence-electron chi connectivity index (χ1n) is 7.78. The average Bonchev–Trinajstić information content (AvgIpc) is 3.07. The molecule has 0 spiro atoms. The predicted molar refractivity (Wildman–Crippen MR) is 78.5 cm³/mol. The molecule has 1 aromatic heterocycles. The smallest absolute Gasteiger partial charge is 0.249 e. The molecule has 4 rings (SSSR count). The van der Waals surface area contributed by atoms with Gasteiger partial charge in [-0.25, -0.2) is 17.2 Å². The minimum Gasteiger partial charge on any atom is -0.338 e. The molecule has 6 nitrogen and oxygen atoms in total. The maximum Gasteiger partial charge on any atom is 0.249 e. The van der Waals surface area contributed by atoms with Crippen molar-refractivity contribution in [3.63, 3.8) is 0 Å². The summed E-state index contributed by atoms with van der Waals surface area (Å²) in [5.41, 5.74) is 0. The van der Waals surface area contributed by atoms with Crippen LogP contribution in [-0.2, 0) is 10.0 Å². The van der Waals surface area contributed by atoms with Crippen molar-refractivity contribution in [3.8, 4) is 0 Å². The molecular formula is C15H15F2N3O3S. The van der Waals surface area contributed by atoms with E-state index < -0.39 is 32.6 Å². The molecule has 1 atom stereocenters. The Balaban J connectivity index is 1.70. The summed E-state index contributed by atoms with van der Waals surface area (Å²) in [6.07, 6.45) is 3.01. The molecule has 128 valence electrons. The second-order valence-electron chi connectivity index (χ2n) is 6.09. The highest BCUT2D eigenvalue weighted by molar-refractivity contribution is 7.89. The van der Waals surface area contributed by atoms with Crippen molar-refractivity contribution in [2.75, 3.05) is 6.54 Å². The van der Waals surface area contributed by atoms with Crippen molar-refractivity contribution in [1.29, 1.82) is 0 Å². The average molecular weight is 355 g/mol. The van der Waals surface area contributed by atoms with E-state index in [9.17, 15) is 17.2 Å². The molecule has 0 bridgehead atoms. The zero-order valence-corrected chi connectivity index (χ0v) is 13.5. The van der Waals surface area contributed by atoms with Gasteiger partial charge in [-0.2, -0.15) is 9.29 Å². The van der Waals surface area contributed by atoms with Crippen LogP contribution in [0.1, 0.15) is 49.4 Å². The van der Waals surface area contributed by atoms with Gasteiger partial charge in [0, 0.05) is 12.5 Å². The Hall–Kier alpha value is -1.87. The predicted octanol–water partition coefficient (Wildman–Crippen LogP) is 2.75. The third kappa shape index (κ3) is 2.51. The van der Waals surface area contributed by atoms with Crippen molar-refractivity contribution in [2.24, 2.45) is 0 Å². The standard InChI is InChI=1S/C15H15F2N3O3S/c16-10-3-1-4-11(17)13(10)24(21,22)20-8-2-5-12(20)15-18-14(19-23-15)9-6-7-9/h1,3-4,9,12H,2,5-8H2. The van der Waals surface area contributed by atoms with Gasteiger partial charge in [0.2, 0.25) is 15.9 Å². The molecule has 1 saturated carbocycles. The molecule has 2 heterocycles. The summed E-state index contributed by atoms with van der Waals surface area (Å²) in [6, 6.07) is 2.30. The van der Waals surface area contributed by atoms with Crippen LogP contribution in [0.3, 0.4) is 0 Å². The number of hydrogen-bond acceptors (Lipinski definition) is 5. The van der Waals surface area contributed by atoms with Gasteiger partial charge in [-0.3, -0.25) is 0 Å². The van der Waals surface area contributed by atoms with Crippen LogP contribution in [0, 0.1) is 11.6 Å². The van der Waals surface area contributed by atoms with Crippen molar-refractivity contribution < 1.29 is 21.7 Å². The topological polar surface area (TPSA) is 76.3 Å². The minimum absolute atomic E-state index is 0.155. The maximum atomic E-state index is 14.0. The summed E-state index contributed by atoms with van der Waals surface area (Å²) < 4.78 is 59.7. The molecule has 0 radical (unpaired) electrons. The molecule has 2 fully saturated rings. The fourth-order valence-corrected chi connectivity index (χ4v) is 4.77. The molecule has 1 aliphatic heterocycles. The molecular weight excluding hydrogens is 340 g/mol. The summed E-state index contributed by atoms with van der Waals surface area (Å²) in [5, 5.41) is 3.89. The molecule has 0 amide bonds. The zero-order chi connectivity index (χ0) is 16.9. The first kappa shape index (κ1) is 15.6. The van der Waals surface area contributed by atoms with E-state index in [1.807, 2.05) is 0 Å². The van der Waals surface area contributed by atoms with E-state index in [0.29, 0.717) is 18.7 Å². The fraction of sp³-hybridized carbons (Fsp3) is 0.467. The van der Waals surface area contributed by atoms with Crippen molar-refractivity contribution in [2.45, 2.75) is 42.5 Å². The van der Waals surface area contributed by atoms with Crippen LogP contribution in [-0.4, -0.2) is 29.4 Å². The van der Waals surface area contributed by atoms with E-state index in [4.69, 9.17) is 4.52 Å². The molecule has 2 aromatic rings. The minimum atomic E-state index is -4.34. The maximum absolute atomic E-state index is 14.0. The second-order valence-corrected chi connectivity index (χ2v) is 7.92. The van der Waals surface area contributed by atoms with Crippen LogP contribution < -0.4 is 0 Å². The fourth-order valence-electron chi connectivity index (χ4n) is 3.01. The van der Waals surface area contributed by atoms with E-state index in [1.165, 1.54) is 0 Å². The molecule has 1 saturated heterocycles. The monoisotopic (exact) mass is 355 g/mol. The largest absolute Gasteiger partial charge is 0.338 e. The molecule has 1 aliphatic carbocycles. The Labute approximate surface area is 137 Å². The van der Waals surface area contributed by atoms with E-state index in [1.54, 1.807) is 0 Å². The van der Waals surface area contributed by atoms with Crippen LogP contribution >= 0.6 is 0 Å². The molecule has 1 aromatic carbocycles. The van der Waals surface area contributed by atoms with Gasteiger partial charge in [0.1, 0.15) is 17.7 Å². The number of benzene rings is 1. The Morgan fingerprint density at radius 2 is 1.88 bits per heavy atom. The van der Waals surface area contributed by atoms with Gasteiger partial charge >= 0.3 is 0 Å². The Bertz CT molecular complexity index is 860. The van der Waals surface area contributed by atoms with Crippen LogP contribution in [0.25, 0.3) is 0 Å². The molecule has 2 aliphatic rings. The highest BCUT2D eigenvalue weighted by atomic mass is 32.2. The van der Waals surface area contributed by atoms with E-state index >= 15 is 0 Å². The second kappa shape index (κ2) is 5.59. The number of halogens is 2. The van der Waals surface area contributed by atoms with Crippen LogP contribution in [0.2, 0.25) is 0 Å². The zero-order valence-electron chi connectivity index (χ0n) is 12.7. The van der Waals surface area contributed by atoms with E-state index in [0.717, 1.165) is 35.3 Å². The Kier molecular flexibility index (Phi) is 3.65. The van der Waals surface area contributed by atoms with Crippen molar-refractivity contribution in [1.82, 2.24) is 14.4 Å². The van der Waals surface area contributed by atoms with Gasteiger partial charge in [-0.1, -0.05) is 11.2 Å². The lowest BCUT2D eigenvalue weighted by molar-refractivity contribution is 0.288. The van der Waals surface area contributed by atoms with Crippen LogP contribution in [0.5, 0.6) is 0 Å². The molecule has 24 heavy (non-hydrogen) atoms. The highest BCUT2D eigenvalue weighted by Gasteiger charge is 2.42. The Morgan fingerprint density at radius 3 is 2.54 bits per heavy atom. The Morgan fingerprint density at radius 1 is 1.17 bits per heavy atom. The summed E-state index contributed by atoms with van der Waals surface area (Å²) in [7, 11) is -4.34. The lowest BCUT2D eigenvalue weighted by Crippen LogP contribution is -2.32. The van der Waals surface area contributed by atoms with Gasteiger partial charge in [-0.15, -0.1) is 0 Å². The number of rotatable bonds is 4. The SMILES string of the molecule is O=S(=O)(c1c(F)cccc1F)N1CCCC1c1nc(C2CC2)no1. The normalized spacial score (nSPS) is 22.2. The third-order valence-corrected chi connectivity index (χ3v) is 6.33. The summed E-state index contributed by atoms with van der Waals surface area (Å²) in [5.74, 6) is -1.17. The summed E-state index contributed by atoms with van der Waals surface area (Å²) in [6.45, 7) is 0.155. The summed E-state index contributed by atoms with van der Waals surface area (Å²) >= 11 is 0. The molecule has 0 N–H and O–H groups in total. The van der Waals surface area contributed by atoms with Crippen molar-refractivity contribution in [3.05, 3.63) is 41.5 Å². The number of sulfonamides is 1. The summed E-state index contributed by atoms with van der Waals surface area (Å²) in [4.78, 5) is 3.35. The van der Waals surface area contributed by atoms with Gasteiger partial charge in [-0.05, 0) is 37.8 Å². The molecule has 9 heteroatoms. The van der Waals surface area contributed by atoms with E-state index in [2.05, 4.69) is 10.1 Å². The first-order valence-corrected chi connectivity index (χ1v) is 9.22. The highest BCUT2D eigenvalue weighted by Crippen LogP contribution is 2.41. The molecule has 1 unspecified atom stereocenters. The van der Waals surface area contributed by atoms with Crippen molar-refractivity contribution >= 4 is 10.0 Å². The van der Waals surface area contributed by atoms with Crippen LogP contribution in [0.4, 0.5) is 8.78 Å². The lowest BCUT2D eigenvalue weighted by atomic mass is 10.2. The number of nitrogens with zero attached hydrogens (tertiary/aromatic N) is 3.